The zero-order valence-corrected chi connectivity index (χ0v) is 11.0. The molecule has 0 aliphatic rings. The molecule has 0 fully saturated rings. The van der Waals surface area contributed by atoms with Crippen molar-refractivity contribution < 1.29 is 24.0 Å². The Morgan fingerprint density at radius 1 is 1.40 bits per heavy atom. The van der Waals surface area contributed by atoms with Crippen molar-refractivity contribution in [1.29, 1.82) is 0 Å². The molecule has 0 saturated carbocycles. The summed E-state index contributed by atoms with van der Waals surface area (Å²) in [6.07, 6.45) is 0. The van der Waals surface area contributed by atoms with E-state index < -0.39 is 17.6 Å². The summed E-state index contributed by atoms with van der Waals surface area (Å²) in [4.78, 5) is 22.5. The number of benzene rings is 1. The number of halogens is 1. The number of nitrogens with zero attached hydrogens (tertiary/aromatic N) is 1. The molecule has 1 aromatic carbocycles. The van der Waals surface area contributed by atoms with Crippen molar-refractivity contribution in [3.05, 3.63) is 40.7 Å². The number of carboxylic acids is 1. The van der Waals surface area contributed by atoms with Crippen molar-refractivity contribution in [1.82, 2.24) is 5.16 Å². The molecule has 7 nitrogen and oxygen atoms in total. The van der Waals surface area contributed by atoms with Crippen LogP contribution in [-0.4, -0.2) is 29.2 Å². The lowest BCUT2D eigenvalue weighted by Gasteiger charge is -2.09. The molecular formula is C12H9ClN2O5. The third-order valence-electron chi connectivity index (χ3n) is 2.36. The number of nitrogens with one attached hydrogen (secondary N) is 1. The largest absolute Gasteiger partial charge is 0.495 e. The van der Waals surface area contributed by atoms with Gasteiger partial charge in [0.15, 0.2) is 5.69 Å². The lowest BCUT2D eigenvalue weighted by atomic mass is 10.2. The van der Waals surface area contributed by atoms with Gasteiger partial charge in [-0.3, -0.25) is 4.79 Å². The maximum Gasteiger partial charge on any atom is 0.374 e. The summed E-state index contributed by atoms with van der Waals surface area (Å²) in [5.74, 6) is -1.96. The van der Waals surface area contributed by atoms with Crippen molar-refractivity contribution in [3.63, 3.8) is 0 Å². The fourth-order valence-corrected chi connectivity index (χ4v) is 1.62. The highest BCUT2D eigenvalue weighted by molar-refractivity contribution is 6.31. The van der Waals surface area contributed by atoms with Gasteiger partial charge in [-0.05, 0) is 18.2 Å². The smallest absolute Gasteiger partial charge is 0.374 e. The quantitative estimate of drug-likeness (QED) is 0.897. The second kappa shape index (κ2) is 5.62. The average molecular weight is 297 g/mol. The van der Waals surface area contributed by atoms with Crippen LogP contribution < -0.4 is 10.1 Å². The van der Waals surface area contributed by atoms with Crippen LogP contribution in [0.2, 0.25) is 5.02 Å². The van der Waals surface area contributed by atoms with Crippen LogP contribution in [0, 0.1) is 0 Å². The van der Waals surface area contributed by atoms with Gasteiger partial charge in [0.25, 0.3) is 5.91 Å². The molecule has 2 rings (SSSR count). The summed E-state index contributed by atoms with van der Waals surface area (Å²) >= 11 is 5.83. The van der Waals surface area contributed by atoms with Crippen LogP contribution in [0.15, 0.2) is 28.8 Å². The Labute approximate surface area is 118 Å². The van der Waals surface area contributed by atoms with Crippen molar-refractivity contribution in [2.75, 3.05) is 12.4 Å². The Kier molecular flexibility index (Phi) is 3.90. The van der Waals surface area contributed by atoms with E-state index in [-0.39, 0.29) is 5.69 Å². The number of aromatic carboxylic acids is 1. The van der Waals surface area contributed by atoms with Gasteiger partial charge in [0.1, 0.15) is 5.75 Å². The highest BCUT2D eigenvalue weighted by Gasteiger charge is 2.18. The first-order chi connectivity index (χ1) is 9.51. The summed E-state index contributed by atoms with van der Waals surface area (Å²) in [5.41, 5.74) is 0.175. The summed E-state index contributed by atoms with van der Waals surface area (Å²) in [7, 11) is 1.44. The summed E-state index contributed by atoms with van der Waals surface area (Å²) in [6.45, 7) is 0. The monoisotopic (exact) mass is 296 g/mol. The molecule has 104 valence electrons. The number of hydrogen-bond acceptors (Lipinski definition) is 5. The van der Waals surface area contributed by atoms with Crippen molar-refractivity contribution in [2.45, 2.75) is 0 Å². The second-order valence-corrected chi connectivity index (χ2v) is 4.12. The van der Waals surface area contributed by atoms with Crippen LogP contribution in [0.25, 0.3) is 0 Å². The van der Waals surface area contributed by atoms with E-state index in [0.29, 0.717) is 16.5 Å². The number of aromatic nitrogens is 1. The summed E-state index contributed by atoms with van der Waals surface area (Å²) in [5, 5.41) is 15.0. The normalized spacial score (nSPS) is 10.1. The number of ether oxygens (including phenoxy) is 1. The Bertz CT molecular complexity index is 668. The first-order valence-electron chi connectivity index (χ1n) is 5.36. The summed E-state index contributed by atoms with van der Waals surface area (Å²) < 4.78 is 9.57. The van der Waals surface area contributed by atoms with Gasteiger partial charge in [0, 0.05) is 11.1 Å². The topological polar surface area (TPSA) is 102 Å². The lowest BCUT2D eigenvalue weighted by molar-refractivity contribution is 0.0651. The Balaban J connectivity index is 2.22. The van der Waals surface area contributed by atoms with Gasteiger partial charge in [0.2, 0.25) is 5.76 Å². The molecular weight excluding hydrogens is 288 g/mol. The van der Waals surface area contributed by atoms with Gasteiger partial charge in [-0.1, -0.05) is 16.8 Å². The van der Waals surface area contributed by atoms with Crippen molar-refractivity contribution in [3.8, 4) is 5.75 Å². The zero-order valence-electron chi connectivity index (χ0n) is 10.2. The van der Waals surface area contributed by atoms with Crippen molar-refractivity contribution in [2.24, 2.45) is 0 Å². The van der Waals surface area contributed by atoms with Crippen LogP contribution in [0.4, 0.5) is 5.69 Å². The van der Waals surface area contributed by atoms with Crippen LogP contribution in [0.3, 0.4) is 0 Å². The molecule has 0 spiro atoms. The van der Waals surface area contributed by atoms with Gasteiger partial charge in [-0.15, -0.1) is 0 Å². The van der Waals surface area contributed by atoms with Gasteiger partial charge in [0.05, 0.1) is 12.8 Å². The molecule has 0 bridgehead atoms. The minimum absolute atomic E-state index is 0.163. The third-order valence-corrected chi connectivity index (χ3v) is 2.60. The zero-order chi connectivity index (χ0) is 14.7. The van der Waals surface area contributed by atoms with Crippen LogP contribution >= 0.6 is 11.6 Å². The van der Waals surface area contributed by atoms with Crippen molar-refractivity contribution >= 4 is 29.2 Å². The van der Waals surface area contributed by atoms with E-state index in [9.17, 15) is 9.59 Å². The number of anilines is 1. The Morgan fingerprint density at radius 3 is 2.75 bits per heavy atom. The highest BCUT2D eigenvalue weighted by atomic mass is 35.5. The Morgan fingerprint density at radius 2 is 2.15 bits per heavy atom. The van der Waals surface area contributed by atoms with Gasteiger partial charge < -0.3 is 19.7 Å². The molecule has 1 heterocycles. The number of carboxylic acid groups (broad SMARTS) is 1. The minimum Gasteiger partial charge on any atom is -0.495 e. The first kappa shape index (κ1) is 13.9. The molecule has 0 aliphatic carbocycles. The molecule has 0 saturated heterocycles. The Hall–Kier alpha value is -2.54. The standard InChI is InChI=1S/C12H9ClN2O5/c1-19-9-3-2-6(13)4-7(9)14-11(16)8-5-10(12(17)18)20-15-8/h2-5H,1H3,(H,14,16)(H,17,18). The molecule has 8 heteroatoms. The van der Waals surface area contributed by atoms with E-state index in [4.69, 9.17) is 21.4 Å². The number of carbonyl (C=O) groups is 2. The van der Waals surface area contributed by atoms with E-state index in [2.05, 4.69) is 15.0 Å². The van der Waals surface area contributed by atoms with E-state index in [1.165, 1.54) is 13.2 Å². The predicted molar refractivity (Wildman–Crippen MR) is 69.4 cm³/mol. The molecule has 0 radical (unpaired) electrons. The number of methoxy groups -OCH3 is 1. The predicted octanol–water partition coefficient (Wildman–Crippen LogP) is 2.29. The maximum absolute atomic E-state index is 11.9. The lowest BCUT2D eigenvalue weighted by Crippen LogP contribution is -2.13. The van der Waals surface area contributed by atoms with E-state index in [1.807, 2.05) is 0 Å². The number of amides is 1. The van der Waals surface area contributed by atoms with Gasteiger partial charge in [-0.2, -0.15) is 0 Å². The van der Waals surface area contributed by atoms with Crippen LogP contribution in [0.5, 0.6) is 5.75 Å². The average Bonchev–Trinajstić information content (AvgIpc) is 2.89. The molecule has 0 aliphatic heterocycles. The van der Waals surface area contributed by atoms with E-state index >= 15 is 0 Å². The van der Waals surface area contributed by atoms with Crippen LogP contribution in [-0.2, 0) is 0 Å². The molecule has 2 aromatic rings. The summed E-state index contributed by atoms with van der Waals surface area (Å²) in [6, 6.07) is 5.71. The molecule has 0 unspecified atom stereocenters. The first-order valence-corrected chi connectivity index (χ1v) is 5.74. The molecule has 2 N–H and O–H groups in total. The highest BCUT2D eigenvalue weighted by Crippen LogP contribution is 2.28. The number of carbonyl (C=O) groups excluding carboxylic acids is 1. The number of rotatable bonds is 4. The maximum atomic E-state index is 11.9. The molecule has 0 atom stereocenters. The molecule has 20 heavy (non-hydrogen) atoms. The fraction of sp³-hybridized carbons (Fsp3) is 0.0833. The molecule has 1 aromatic heterocycles. The third kappa shape index (κ3) is 2.89. The van der Waals surface area contributed by atoms with Crippen LogP contribution in [0.1, 0.15) is 21.0 Å². The van der Waals surface area contributed by atoms with Gasteiger partial charge in [-0.25, -0.2) is 4.79 Å². The second-order valence-electron chi connectivity index (χ2n) is 3.68. The van der Waals surface area contributed by atoms with Gasteiger partial charge >= 0.3 is 5.97 Å². The number of hydrogen-bond donors (Lipinski definition) is 2. The SMILES string of the molecule is COc1ccc(Cl)cc1NC(=O)c1cc(C(=O)O)on1. The van der Waals surface area contributed by atoms with E-state index in [0.717, 1.165) is 6.07 Å². The minimum atomic E-state index is -1.31. The van der Waals surface area contributed by atoms with E-state index in [1.54, 1.807) is 12.1 Å². The molecule has 1 amide bonds. The fourth-order valence-electron chi connectivity index (χ4n) is 1.45.